The summed E-state index contributed by atoms with van der Waals surface area (Å²) >= 11 is 0. The number of amides is 1. The Hall–Kier alpha value is -2.83. The van der Waals surface area contributed by atoms with Gasteiger partial charge in [0, 0.05) is 6.42 Å². The predicted molar refractivity (Wildman–Crippen MR) is 81.0 cm³/mol. The number of benzene rings is 1. The molecule has 0 bridgehead atoms. The van der Waals surface area contributed by atoms with Gasteiger partial charge < -0.3 is 19.4 Å². The van der Waals surface area contributed by atoms with Crippen LogP contribution in [0, 0.1) is 0 Å². The van der Waals surface area contributed by atoms with Crippen molar-refractivity contribution in [2.45, 2.75) is 19.0 Å². The Kier molecular flexibility index (Phi) is 4.01. The molecule has 2 aromatic rings. The monoisotopic (exact) mass is 315 g/mol. The van der Waals surface area contributed by atoms with Crippen molar-refractivity contribution in [3.63, 3.8) is 0 Å². The summed E-state index contributed by atoms with van der Waals surface area (Å²) in [4.78, 5) is 33.8. The van der Waals surface area contributed by atoms with E-state index in [1.165, 1.54) is 19.1 Å². The van der Waals surface area contributed by atoms with E-state index in [2.05, 4.69) is 9.97 Å². The quantitative estimate of drug-likeness (QED) is 0.859. The van der Waals surface area contributed by atoms with Crippen molar-refractivity contribution in [3.8, 4) is 5.75 Å². The molecule has 1 N–H and O–H groups in total. The minimum atomic E-state index is -0.701. The number of aromatic nitrogens is 2. The smallest absolute Gasteiger partial charge is 0.329 e. The van der Waals surface area contributed by atoms with Crippen molar-refractivity contribution < 1.29 is 19.1 Å². The molecular weight excluding hydrogens is 298 g/mol. The summed E-state index contributed by atoms with van der Waals surface area (Å²) in [5, 5.41) is 0. The van der Waals surface area contributed by atoms with E-state index in [9.17, 15) is 9.59 Å². The number of hydrogen-bond donors (Lipinski definition) is 1. The molecule has 23 heavy (non-hydrogen) atoms. The number of H-pyrrole nitrogens is 1. The molecule has 1 aliphatic rings. The Balaban J connectivity index is 1.98. The van der Waals surface area contributed by atoms with Crippen molar-refractivity contribution >= 4 is 11.9 Å². The van der Waals surface area contributed by atoms with E-state index >= 15 is 0 Å². The van der Waals surface area contributed by atoms with Crippen LogP contribution in [0.25, 0.3) is 0 Å². The first-order valence-corrected chi connectivity index (χ1v) is 7.18. The fourth-order valence-corrected chi connectivity index (χ4v) is 2.77. The van der Waals surface area contributed by atoms with Gasteiger partial charge in [-0.25, -0.2) is 9.78 Å². The average Bonchev–Trinajstić information content (AvgIpc) is 3.06. The van der Waals surface area contributed by atoms with E-state index in [0.29, 0.717) is 17.7 Å². The lowest BCUT2D eigenvalue weighted by atomic mass is 10.0. The van der Waals surface area contributed by atoms with Gasteiger partial charge in [0.05, 0.1) is 44.0 Å². The van der Waals surface area contributed by atoms with Gasteiger partial charge in [-0.2, -0.15) is 0 Å². The molecule has 0 saturated heterocycles. The highest BCUT2D eigenvalue weighted by atomic mass is 16.5. The van der Waals surface area contributed by atoms with Gasteiger partial charge >= 0.3 is 5.97 Å². The number of hydrogen-bond acceptors (Lipinski definition) is 5. The second-order valence-corrected chi connectivity index (χ2v) is 5.20. The van der Waals surface area contributed by atoms with Crippen LogP contribution in [0.4, 0.5) is 0 Å². The van der Waals surface area contributed by atoms with E-state index < -0.39 is 12.0 Å². The molecule has 0 spiro atoms. The Labute approximate surface area is 133 Å². The van der Waals surface area contributed by atoms with Crippen LogP contribution in [0.2, 0.25) is 0 Å². The molecule has 7 heteroatoms. The van der Waals surface area contributed by atoms with E-state index in [-0.39, 0.29) is 12.5 Å². The lowest BCUT2D eigenvalue weighted by Gasteiger charge is -2.33. The molecule has 1 amide bonds. The number of imidazole rings is 1. The fourth-order valence-electron chi connectivity index (χ4n) is 2.77. The van der Waals surface area contributed by atoms with Crippen molar-refractivity contribution in [2.75, 3.05) is 14.2 Å². The van der Waals surface area contributed by atoms with Crippen LogP contribution in [-0.4, -0.2) is 47.0 Å². The summed E-state index contributed by atoms with van der Waals surface area (Å²) in [6, 6.07) is 6.24. The van der Waals surface area contributed by atoms with Crippen molar-refractivity contribution in [1.29, 1.82) is 0 Å². The van der Waals surface area contributed by atoms with E-state index in [1.807, 2.05) is 0 Å². The number of aromatic amines is 1. The van der Waals surface area contributed by atoms with Gasteiger partial charge in [-0.05, 0) is 12.1 Å². The number of carbonyl (C=O) groups excluding carboxylic acids is 2. The molecule has 1 atom stereocenters. The molecule has 2 heterocycles. The molecule has 1 aromatic heterocycles. The van der Waals surface area contributed by atoms with Gasteiger partial charge in [0.25, 0.3) is 5.91 Å². The normalized spacial score (nSPS) is 16.6. The van der Waals surface area contributed by atoms with Crippen LogP contribution < -0.4 is 4.74 Å². The largest absolute Gasteiger partial charge is 0.496 e. The standard InChI is InChI=1S/C16H17N3O4/c1-22-14-6-4-3-5-10(14)15(20)19-8-12-11(17-9-18-12)7-13(19)16(21)23-2/h3-6,9,13H,7-8H2,1-2H3,(H,17,18). The third kappa shape index (κ3) is 2.65. The first kappa shape index (κ1) is 15.1. The summed E-state index contributed by atoms with van der Waals surface area (Å²) in [5.41, 5.74) is 2.02. The van der Waals surface area contributed by atoms with Crippen molar-refractivity contribution in [3.05, 3.63) is 47.5 Å². The Morgan fingerprint density at radius 1 is 1.30 bits per heavy atom. The second-order valence-electron chi connectivity index (χ2n) is 5.20. The highest BCUT2D eigenvalue weighted by Gasteiger charge is 2.37. The summed E-state index contributed by atoms with van der Waals surface area (Å²) in [6.07, 6.45) is 1.89. The van der Waals surface area contributed by atoms with Crippen LogP contribution >= 0.6 is 0 Å². The minimum absolute atomic E-state index is 0.270. The molecule has 7 nitrogen and oxygen atoms in total. The molecule has 1 unspecified atom stereocenters. The van der Waals surface area contributed by atoms with Crippen LogP contribution in [-0.2, 0) is 22.5 Å². The van der Waals surface area contributed by atoms with Crippen LogP contribution in [0.3, 0.4) is 0 Å². The van der Waals surface area contributed by atoms with Gasteiger partial charge in [0.1, 0.15) is 11.8 Å². The highest BCUT2D eigenvalue weighted by molar-refractivity contribution is 5.99. The zero-order valence-corrected chi connectivity index (χ0v) is 12.9. The number of para-hydroxylation sites is 1. The lowest BCUT2D eigenvalue weighted by Crippen LogP contribution is -2.49. The maximum atomic E-state index is 12.9. The van der Waals surface area contributed by atoms with Gasteiger partial charge in [-0.3, -0.25) is 4.79 Å². The summed E-state index contributed by atoms with van der Waals surface area (Å²) < 4.78 is 10.1. The maximum Gasteiger partial charge on any atom is 0.329 e. The molecule has 0 fully saturated rings. The average molecular weight is 315 g/mol. The van der Waals surface area contributed by atoms with Crippen LogP contribution in [0.15, 0.2) is 30.6 Å². The molecule has 120 valence electrons. The van der Waals surface area contributed by atoms with Gasteiger partial charge in [-0.15, -0.1) is 0 Å². The Bertz CT molecular complexity index is 740. The molecule has 3 rings (SSSR count). The van der Waals surface area contributed by atoms with E-state index in [0.717, 1.165) is 11.4 Å². The van der Waals surface area contributed by atoms with E-state index in [4.69, 9.17) is 9.47 Å². The number of nitrogens with zero attached hydrogens (tertiary/aromatic N) is 2. The number of methoxy groups -OCH3 is 2. The molecule has 1 aliphatic heterocycles. The SMILES string of the molecule is COC(=O)C1Cc2nc[nH]c2CN1C(=O)c1ccccc1OC. The number of rotatable bonds is 3. The summed E-state index contributed by atoms with van der Waals surface area (Å²) in [7, 11) is 2.82. The predicted octanol–water partition coefficient (Wildman–Crippen LogP) is 1.16. The molecule has 0 aliphatic carbocycles. The summed E-state index contributed by atoms with van der Waals surface area (Å²) in [5.74, 6) is -0.267. The Morgan fingerprint density at radius 3 is 2.83 bits per heavy atom. The van der Waals surface area contributed by atoms with E-state index in [1.54, 1.807) is 30.6 Å². The van der Waals surface area contributed by atoms with Crippen molar-refractivity contribution in [2.24, 2.45) is 0 Å². The topological polar surface area (TPSA) is 84.5 Å². The zero-order valence-electron chi connectivity index (χ0n) is 12.9. The van der Waals surface area contributed by atoms with Gasteiger partial charge in [0.15, 0.2) is 0 Å². The first-order chi connectivity index (χ1) is 11.2. The number of carbonyl (C=O) groups is 2. The van der Waals surface area contributed by atoms with Crippen LogP contribution in [0.1, 0.15) is 21.7 Å². The second kappa shape index (κ2) is 6.12. The zero-order chi connectivity index (χ0) is 16.4. The third-order valence-electron chi connectivity index (χ3n) is 3.97. The highest BCUT2D eigenvalue weighted by Crippen LogP contribution is 2.26. The van der Waals surface area contributed by atoms with Crippen molar-refractivity contribution in [1.82, 2.24) is 14.9 Å². The number of esters is 1. The summed E-state index contributed by atoms with van der Waals surface area (Å²) in [6.45, 7) is 0.270. The number of nitrogens with one attached hydrogen (secondary N) is 1. The minimum Gasteiger partial charge on any atom is -0.496 e. The molecule has 1 aromatic carbocycles. The Morgan fingerprint density at radius 2 is 2.09 bits per heavy atom. The van der Waals surface area contributed by atoms with Crippen LogP contribution in [0.5, 0.6) is 5.75 Å². The first-order valence-electron chi connectivity index (χ1n) is 7.18. The molecular formula is C16H17N3O4. The molecule has 0 radical (unpaired) electrons. The van der Waals surface area contributed by atoms with Gasteiger partial charge in [-0.1, -0.05) is 12.1 Å². The lowest BCUT2D eigenvalue weighted by molar-refractivity contribution is -0.146. The molecule has 0 saturated carbocycles. The number of fused-ring (bicyclic) bond motifs is 1. The van der Waals surface area contributed by atoms with Gasteiger partial charge in [0.2, 0.25) is 0 Å². The number of ether oxygens (including phenoxy) is 2. The fraction of sp³-hybridized carbons (Fsp3) is 0.312. The third-order valence-corrected chi connectivity index (χ3v) is 3.97. The maximum absolute atomic E-state index is 12.9.